The summed E-state index contributed by atoms with van der Waals surface area (Å²) in [6, 6.07) is 2.16. The lowest BCUT2D eigenvalue weighted by atomic mass is 10.1. The Morgan fingerprint density at radius 2 is 2.12 bits per heavy atom. The molecule has 1 aliphatic heterocycles. The van der Waals surface area contributed by atoms with Gasteiger partial charge in [0.15, 0.2) is 0 Å². The minimum atomic E-state index is 0.210. The summed E-state index contributed by atoms with van der Waals surface area (Å²) < 4.78 is 5.32. The highest BCUT2D eigenvalue weighted by Crippen LogP contribution is 2.21. The van der Waals surface area contributed by atoms with E-state index in [1.54, 1.807) is 6.07 Å². The molecule has 2 rings (SSSR count). The summed E-state index contributed by atoms with van der Waals surface area (Å²) in [5, 5.41) is 0.376. The van der Waals surface area contributed by atoms with Crippen LogP contribution in [-0.2, 0) is 4.74 Å². The molecule has 0 saturated carbocycles. The number of hydrogen-bond donors (Lipinski definition) is 1. The average Bonchev–Trinajstić information content (AvgIpc) is 2.28. The molecule has 2 heterocycles. The van der Waals surface area contributed by atoms with Gasteiger partial charge in [-0.25, -0.2) is 4.98 Å². The van der Waals surface area contributed by atoms with Crippen molar-refractivity contribution in [3.05, 3.63) is 11.2 Å². The van der Waals surface area contributed by atoms with Crippen LogP contribution in [0.1, 0.15) is 12.8 Å². The predicted octanol–water partition coefficient (Wildman–Crippen LogP) is 1.33. The monoisotopic (exact) mass is 242 g/mol. The number of nitrogen functional groups attached to an aromatic ring is 1. The van der Waals surface area contributed by atoms with Crippen LogP contribution in [0.25, 0.3) is 0 Å². The minimum absolute atomic E-state index is 0.210. The summed E-state index contributed by atoms with van der Waals surface area (Å²) in [5.41, 5.74) is 5.57. The first kappa shape index (κ1) is 11.4. The Hall–Kier alpha value is -1.07. The molecule has 0 bridgehead atoms. The molecular weight excluding hydrogens is 228 g/mol. The van der Waals surface area contributed by atoms with Gasteiger partial charge in [-0.05, 0) is 12.8 Å². The van der Waals surface area contributed by atoms with Crippen molar-refractivity contribution >= 4 is 23.4 Å². The van der Waals surface area contributed by atoms with Gasteiger partial charge in [-0.3, -0.25) is 0 Å². The highest BCUT2D eigenvalue weighted by atomic mass is 35.5. The molecule has 0 radical (unpaired) electrons. The Morgan fingerprint density at radius 1 is 1.44 bits per heavy atom. The number of aromatic nitrogens is 2. The lowest BCUT2D eigenvalue weighted by Crippen LogP contribution is -2.37. The Bertz CT molecular complexity index is 348. The molecular formula is C10H15ClN4O. The molecule has 1 fully saturated rings. The van der Waals surface area contributed by atoms with E-state index in [1.807, 2.05) is 7.05 Å². The van der Waals surface area contributed by atoms with Crippen molar-refractivity contribution < 1.29 is 4.74 Å². The molecule has 6 heteroatoms. The van der Waals surface area contributed by atoms with Crippen LogP contribution in [0.3, 0.4) is 0 Å². The first-order valence-corrected chi connectivity index (χ1v) is 5.65. The minimum Gasteiger partial charge on any atom is -0.381 e. The quantitative estimate of drug-likeness (QED) is 0.793. The van der Waals surface area contributed by atoms with Gasteiger partial charge in [0.25, 0.3) is 0 Å². The summed E-state index contributed by atoms with van der Waals surface area (Å²) in [6.07, 6.45) is 2.00. The van der Waals surface area contributed by atoms with E-state index in [1.165, 1.54) is 0 Å². The van der Waals surface area contributed by atoms with E-state index in [4.69, 9.17) is 22.1 Å². The zero-order valence-electron chi connectivity index (χ0n) is 9.19. The third kappa shape index (κ3) is 2.54. The highest BCUT2D eigenvalue weighted by molar-refractivity contribution is 6.29. The van der Waals surface area contributed by atoms with Crippen LogP contribution in [-0.4, -0.2) is 36.3 Å². The van der Waals surface area contributed by atoms with Crippen molar-refractivity contribution in [1.29, 1.82) is 0 Å². The van der Waals surface area contributed by atoms with Crippen LogP contribution < -0.4 is 10.6 Å². The zero-order valence-corrected chi connectivity index (χ0v) is 9.94. The van der Waals surface area contributed by atoms with Gasteiger partial charge in [0.2, 0.25) is 5.95 Å². The summed E-state index contributed by atoms with van der Waals surface area (Å²) in [6.45, 7) is 1.59. The van der Waals surface area contributed by atoms with Gasteiger partial charge in [0.1, 0.15) is 11.0 Å². The lowest BCUT2D eigenvalue weighted by molar-refractivity contribution is 0.0853. The lowest BCUT2D eigenvalue weighted by Gasteiger charge is -2.32. The molecule has 0 spiro atoms. The van der Waals surface area contributed by atoms with Crippen molar-refractivity contribution in [1.82, 2.24) is 9.97 Å². The van der Waals surface area contributed by atoms with Gasteiger partial charge in [-0.15, -0.1) is 0 Å². The van der Waals surface area contributed by atoms with Crippen molar-refractivity contribution in [2.45, 2.75) is 18.9 Å². The van der Waals surface area contributed by atoms with Gasteiger partial charge >= 0.3 is 0 Å². The molecule has 5 nitrogen and oxygen atoms in total. The second-order valence-corrected chi connectivity index (χ2v) is 4.25. The molecule has 1 aromatic heterocycles. The van der Waals surface area contributed by atoms with Crippen LogP contribution in [0.4, 0.5) is 11.8 Å². The molecule has 1 saturated heterocycles. The molecule has 16 heavy (non-hydrogen) atoms. The first-order chi connectivity index (χ1) is 7.66. The summed E-state index contributed by atoms with van der Waals surface area (Å²) in [7, 11) is 1.99. The Morgan fingerprint density at radius 3 is 2.75 bits per heavy atom. The predicted molar refractivity (Wildman–Crippen MR) is 63.7 cm³/mol. The fraction of sp³-hybridized carbons (Fsp3) is 0.600. The maximum Gasteiger partial charge on any atom is 0.223 e. The fourth-order valence-corrected chi connectivity index (χ4v) is 2.05. The zero-order chi connectivity index (χ0) is 11.5. The standard InChI is InChI=1S/C10H15ClN4O/c1-15(7-2-4-16-5-3-7)9-6-8(11)13-10(12)14-9/h6-7H,2-5H2,1H3,(H2,12,13,14). The maximum atomic E-state index is 5.85. The maximum absolute atomic E-state index is 5.85. The first-order valence-electron chi connectivity index (χ1n) is 5.27. The van der Waals surface area contributed by atoms with Gasteiger partial charge < -0.3 is 15.4 Å². The van der Waals surface area contributed by atoms with Crippen LogP contribution in [0.2, 0.25) is 5.15 Å². The molecule has 0 unspecified atom stereocenters. The Kier molecular flexibility index (Phi) is 3.46. The van der Waals surface area contributed by atoms with E-state index in [0.717, 1.165) is 31.9 Å². The molecule has 0 atom stereocenters. The van der Waals surface area contributed by atoms with Crippen molar-refractivity contribution in [3.8, 4) is 0 Å². The molecule has 0 aliphatic carbocycles. The number of rotatable bonds is 2. The van der Waals surface area contributed by atoms with Crippen molar-refractivity contribution in [2.24, 2.45) is 0 Å². The van der Waals surface area contributed by atoms with E-state index in [-0.39, 0.29) is 5.95 Å². The number of halogens is 1. The van der Waals surface area contributed by atoms with E-state index >= 15 is 0 Å². The molecule has 0 amide bonds. The van der Waals surface area contributed by atoms with Crippen LogP contribution in [0.15, 0.2) is 6.07 Å². The summed E-state index contributed by atoms with van der Waals surface area (Å²) >= 11 is 5.85. The fourth-order valence-electron chi connectivity index (χ4n) is 1.86. The second-order valence-electron chi connectivity index (χ2n) is 3.86. The van der Waals surface area contributed by atoms with Gasteiger partial charge in [0, 0.05) is 32.4 Å². The van der Waals surface area contributed by atoms with Crippen molar-refractivity contribution in [2.75, 3.05) is 30.9 Å². The van der Waals surface area contributed by atoms with Crippen LogP contribution in [0, 0.1) is 0 Å². The van der Waals surface area contributed by atoms with E-state index in [0.29, 0.717) is 11.2 Å². The third-order valence-electron chi connectivity index (χ3n) is 2.80. The SMILES string of the molecule is CN(c1cc(Cl)nc(N)n1)C1CCOCC1. The summed E-state index contributed by atoms with van der Waals surface area (Å²) in [4.78, 5) is 10.1. The van der Waals surface area contributed by atoms with Gasteiger partial charge in [0.05, 0.1) is 0 Å². The summed E-state index contributed by atoms with van der Waals surface area (Å²) in [5.74, 6) is 0.978. The molecule has 2 N–H and O–H groups in total. The number of hydrogen-bond acceptors (Lipinski definition) is 5. The molecule has 1 aromatic rings. The van der Waals surface area contributed by atoms with E-state index in [9.17, 15) is 0 Å². The smallest absolute Gasteiger partial charge is 0.223 e. The number of nitrogens with two attached hydrogens (primary N) is 1. The van der Waals surface area contributed by atoms with Gasteiger partial charge in [-0.2, -0.15) is 4.98 Å². The van der Waals surface area contributed by atoms with E-state index in [2.05, 4.69) is 14.9 Å². The highest BCUT2D eigenvalue weighted by Gasteiger charge is 2.20. The largest absolute Gasteiger partial charge is 0.381 e. The normalized spacial score (nSPS) is 17.4. The topological polar surface area (TPSA) is 64.3 Å². The van der Waals surface area contributed by atoms with Crippen LogP contribution >= 0.6 is 11.6 Å². The number of nitrogens with zero attached hydrogens (tertiary/aromatic N) is 3. The van der Waals surface area contributed by atoms with Crippen molar-refractivity contribution in [3.63, 3.8) is 0 Å². The van der Waals surface area contributed by atoms with Crippen LogP contribution in [0.5, 0.6) is 0 Å². The Balaban J connectivity index is 2.15. The van der Waals surface area contributed by atoms with E-state index < -0.39 is 0 Å². The van der Waals surface area contributed by atoms with Gasteiger partial charge in [-0.1, -0.05) is 11.6 Å². The third-order valence-corrected chi connectivity index (χ3v) is 2.99. The number of ether oxygens (including phenoxy) is 1. The second kappa shape index (κ2) is 4.84. The molecule has 0 aromatic carbocycles. The molecule has 1 aliphatic rings. The Labute approximate surface area is 99.6 Å². The average molecular weight is 243 g/mol. The number of anilines is 2. The molecule has 88 valence electrons.